The molecule has 2 aromatic carbocycles. The summed E-state index contributed by atoms with van der Waals surface area (Å²) in [6.07, 6.45) is 0. The average Bonchev–Trinajstić information content (AvgIpc) is 3.02. The van der Waals surface area contributed by atoms with Crippen molar-refractivity contribution in [2.24, 2.45) is 0 Å². The second kappa shape index (κ2) is 7.31. The Morgan fingerprint density at radius 2 is 2.12 bits per heavy atom. The molecule has 0 spiro atoms. The minimum absolute atomic E-state index is 0.0377. The SMILES string of the molecule is COc1cc([N+](=O)[O-])cc2sc(NC(=O)COc3ccccc3F)nc12. The first-order chi connectivity index (χ1) is 12.5. The second-order valence-electron chi connectivity index (χ2n) is 5.04. The fourth-order valence-corrected chi connectivity index (χ4v) is 3.09. The van der Waals surface area contributed by atoms with Crippen LogP contribution >= 0.6 is 11.3 Å². The van der Waals surface area contributed by atoms with Crippen LogP contribution in [-0.4, -0.2) is 29.5 Å². The van der Waals surface area contributed by atoms with Crippen LogP contribution in [0.3, 0.4) is 0 Å². The monoisotopic (exact) mass is 377 g/mol. The lowest BCUT2D eigenvalue weighted by Crippen LogP contribution is -2.20. The number of ether oxygens (including phenoxy) is 2. The molecule has 0 radical (unpaired) electrons. The molecule has 0 aliphatic rings. The highest BCUT2D eigenvalue weighted by Gasteiger charge is 2.17. The zero-order valence-corrected chi connectivity index (χ0v) is 14.2. The van der Waals surface area contributed by atoms with Crippen LogP contribution in [0.25, 0.3) is 10.2 Å². The van der Waals surface area contributed by atoms with Gasteiger partial charge in [0.25, 0.3) is 11.6 Å². The van der Waals surface area contributed by atoms with Crippen LogP contribution in [0, 0.1) is 15.9 Å². The number of rotatable bonds is 6. The summed E-state index contributed by atoms with van der Waals surface area (Å²) in [5.41, 5.74) is 0.257. The molecule has 0 aliphatic heterocycles. The van der Waals surface area contributed by atoms with Crippen molar-refractivity contribution in [3.63, 3.8) is 0 Å². The van der Waals surface area contributed by atoms with Crippen molar-refractivity contribution in [2.45, 2.75) is 0 Å². The van der Waals surface area contributed by atoms with Crippen LogP contribution in [0.2, 0.25) is 0 Å². The van der Waals surface area contributed by atoms with Crippen LogP contribution < -0.4 is 14.8 Å². The van der Waals surface area contributed by atoms with E-state index >= 15 is 0 Å². The minimum atomic E-state index is -0.572. The van der Waals surface area contributed by atoms with Gasteiger partial charge >= 0.3 is 0 Å². The van der Waals surface area contributed by atoms with Gasteiger partial charge in [0, 0.05) is 6.07 Å². The van der Waals surface area contributed by atoms with Crippen molar-refractivity contribution in [1.29, 1.82) is 0 Å². The molecule has 0 saturated carbocycles. The van der Waals surface area contributed by atoms with E-state index in [-0.39, 0.29) is 22.3 Å². The van der Waals surface area contributed by atoms with Gasteiger partial charge in [-0.25, -0.2) is 9.37 Å². The number of fused-ring (bicyclic) bond motifs is 1. The number of hydrogen-bond acceptors (Lipinski definition) is 7. The first-order valence-electron chi connectivity index (χ1n) is 7.28. The predicted octanol–water partition coefficient (Wildman–Crippen LogP) is 3.37. The molecule has 8 nitrogen and oxygen atoms in total. The first kappa shape index (κ1) is 17.5. The van der Waals surface area contributed by atoms with Gasteiger partial charge < -0.3 is 9.47 Å². The number of nitrogens with zero attached hydrogens (tertiary/aromatic N) is 2. The van der Waals surface area contributed by atoms with E-state index < -0.39 is 23.3 Å². The Morgan fingerprint density at radius 1 is 1.35 bits per heavy atom. The van der Waals surface area contributed by atoms with Crippen LogP contribution in [0.1, 0.15) is 0 Å². The van der Waals surface area contributed by atoms with Gasteiger partial charge in [-0.15, -0.1) is 0 Å². The van der Waals surface area contributed by atoms with E-state index in [0.29, 0.717) is 10.2 Å². The fraction of sp³-hybridized carbons (Fsp3) is 0.125. The van der Waals surface area contributed by atoms with Gasteiger partial charge in [0.15, 0.2) is 29.1 Å². The number of amides is 1. The number of nitro groups is 1. The predicted molar refractivity (Wildman–Crippen MR) is 93.4 cm³/mol. The van der Waals surface area contributed by atoms with Crippen LogP contribution in [0.4, 0.5) is 15.2 Å². The molecule has 134 valence electrons. The van der Waals surface area contributed by atoms with E-state index in [0.717, 1.165) is 11.3 Å². The highest BCUT2D eigenvalue weighted by molar-refractivity contribution is 7.22. The lowest BCUT2D eigenvalue weighted by molar-refractivity contribution is -0.384. The third-order valence-corrected chi connectivity index (χ3v) is 4.24. The Morgan fingerprint density at radius 3 is 2.81 bits per heavy atom. The van der Waals surface area contributed by atoms with Crippen molar-refractivity contribution in [3.8, 4) is 11.5 Å². The summed E-state index contributed by atoms with van der Waals surface area (Å²) in [6.45, 7) is -0.409. The molecule has 26 heavy (non-hydrogen) atoms. The summed E-state index contributed by atoms with van der Waals surface area (Å²) in [4.78, 5) is 26.6. The Hall–Kier alpha value is -3.27. The summed E-state index contributed by atoms with van der Waals surface area (Å²) < 4.78 is 24.2. The summed E-state index contributed by atoms with van der Waals surface area (Å²) in [5.74, 6) is -0.920. The molecule has 3 rings (SSSR count). The number of non-ortho nitro benzene ring substituents is 1. The molecule has 0 saturated heterocycles. The standard InChI is InChI=1S/C16H12FN3O5S/c1-24-12-6-9(20(22)23)7-13-15(12)19-16(26-13)18-14(21)8-25-11-5-3-2-4-10(11)17/h2-7H,8H2,1H3,(H,18,19,21). The molecule has 0 fully saturated rings. The van der Waals surface area contributed by atoms with Gasteiger partial charge in [0.1, 0.15) is 5.52 Å². The number of aromatic nitrogens is 1. The molecule has 1 aromatic heterocycles. The Labute approximate surface area is 150 Å². The van der Waals surface area contributed by atoms with Crippen molar-refractivity contribution < 1.29 is 23.6 Å². The molecule has 0 unspecified atom stereocenters. The topological polar surface area (TPSA) is 104 Å². The molecule has 3 aromatic rings. The Kier molecular flexibility index (Phi) is 4.94. The highest BCUT2D eigenvalue weighted by Crippen LogP contribution is 2.36. The van der Waals surface area contributed by atoms with E-state index in [2.05, 4.69) is 10.3 Å². The van der Waals surface area contributed by atoms with Crippen molar-refractivity contribution in [1.82, 2.24) is 4.98 Å². The quantitative estimate of drug-likeness (QED) is 0.522. The highest BCUT2D eigenvalue weighted by atomic mass is 32.1. The fourth-order valence-electron chi connectivity index (χ4n) is 2.16. The average molecular weight is 377 g/mol. The van der Waals surface area contributed by atoms with E-state index in [4.69, 9.17) is 9.47 Å². The minimum Gasteiger partial charge on any atom is -0.494 e. The maximum Gasteiger partial charge on any atom is 0.274 e. The zero-order chi connectivity index (χ0) is 18.7. The van der Waals surface area contributed by atoms with Gasteiger partial charge in [0.2, 0.25) is 0 Å². The van der Waals surface area contributed by atoms with Gasteiger partial charge in [-0.3, -0.25) is 20.2 Å². The van der Waals surface area contributed by atoms with Crippen molar-refractivity contribution in [2.75, 3.05) is 19.0 Å². The molecule has 1 N–H and O–H groups in total. The molecule has 1 amide bonds. The molecular weight excluding hydrogens is 365 g/mol. The number of thiazole rings is 1. The van der Waals surface area contributed by atoms with Gasteiger partial charge in [-0.1, -0.05) is 23.5 Å². The van der Waals surface area contributed by atoms with Gasteiger partial charge in [-0.2, -0.15) is 0 Å². The number of anilines is 1. The Balaban J connectivity index is 1.75. The number of methoxy groups -OCH3 is 1. The van der Waals surface area contributed by atoms with E-state index in [9.17, 15) is 19.3 Å². The van der Waals surface area contributed by atoms with Gasteiger partial charge in [0.05, 0.1) is 22.8 Å². The Bertz CT molecular complexity index is 991. The number of nitrogens with one attached hydrogen (secondary N) is 1. The van der Waals surface area contributed by atoms with Crippen LogP contribution in [-0.2, 0) is 4.79 Å². The summed E-state index contributed by atoms with van der Waals surface area (Å²) in [6, 6.07) is 8.33. The number of para-hydroxylation sites is 1. The maximum absolute atomic E-state index is 13.5. The number of halogens is 1. The lowest BCUT2D eigenvalue weighted by atomic mass is 10.3. The zero-order valence-electron chi connectivity index (χ0n) is 13.4. The molecular formula is C16H12FN3O5S. The normalized spacial score (nSPS) is 10.5. The van der Waals surface area contributed by atoms with Crippen LogP contribution in [0.5, 0.6) is 11.5 Å². The van der Waals surface area contributed by atoms with Crippen molar-refractivity contribution >= 4 is 38.3 Å². The number of carbonyl (C=O) groups is 1. The summed E-state index contributed by atoms with van der Waals surface area (Å²) >= 11 is 1.05. The molecule has 10 heteroatoms. The molecule has 1 heterocycles. The van der Waals surface area contributed by atoms with E-state index in [1.807, 2.05) is 0 Å². The summed E-state index contributed by atoms with van der Waals surface area (Å²) in [7, 11) is 1.37. The van der Waals surface area contributed by atoms with Crippen molar-refractivity contribution in [3.05, 3.63) is 52.3 Å². The van der Waals surface area contributed by atoms with Crippen LogP contribution in [0.15, 0.2) is 36.4 Å². The third kappa shape index (κ3) is 3.70. The van der Waals surface area contributed by atoms with Gasteiger partial charge in [-0.05, 0) is 12.1 Å². The number of hydrogen-bond donors (Lipinski definition) is 1. The molecule has 0 bridgehead atoms. The molecule has 0 atom stereocenters. The number of carbonyl (C=O) groups excluding carboxylic acids is 1. The molecule has 0 aliphatic carbocycles. The number of benzene rings is 2. The smallest absolute Gasteiger partial charge is 0.274 e. The maximum atomic E-state index is 13.5. The largest absolute Gasteiger partial charge is 0.494 e. The third-order valence-electron chi connectivity index (χ3n) is 3.32. The lowest BCUT2D eigenvalue weighted by Gasteiger charge is -2.06. The number of nitro benzene ring substituents is 1. The van der Waals surface area contributed by atoms with E-state index in [1.165, 1.54) is 37.4 Å². The second-order valence-corrected chi connectivity index (χ2v) is 6.07. The summed E-state index contributed by atoms with van der Waals surface area (Å²) in [5, 5.41) is 13.7. The van der Waals surface area contributed by atoms with E-state index in [1.54, 1.807) is 6.07 Å². The first-order valence-corrected chi connectivity index (χ1v) is 8.09.